The average Bonchev–Trinajstić information content (AvgIpc) is 3.21. The lowest BCUT2D eigenvalue weighted by molar-refractivity contribution is -0.148. The molecule has 0 aliphatic carbocycles. The van der Waals surface area contributed by atoms with Gasteiger partial charge in [-0.25, -0.2) is 27.7 Å². The van der Waals surface area contributed by atoms with Crippen LogP contribution in [0, 0.1) is 23.4 Å². The number of fused-ring (bicyclic) bond motifs is 1. The first kappa shape index (κ1) is 31.2. The van der Waals surface area contributed by atoms with Crippen molar-refractivity contribution in [3.63, 3.8) is 0 Å². The number of nitrogens with two attached hydrogens (primary N) is 1. The van der Waals surface area contributed by atoms with Gasteiger partial charge in [0.2, 0.25) is 17.7 Å². The third-order valence-corrected chi connectivity index (χ3v) is 5.62. The van der Waals surface area contributed by atoms with Crippen molar-refractivity contribution >= 4 is 13.7 Å². The Morgan fingerprint density at radius 1 is 1.05 bits per heavy atom. The molecule has 3 heterocycles. The Hall–Kier alpha value is -3.37. The minimum Gasteiger partial charge on any atom is -0.335 e. The van der Waals surface area contributed by atoms with Crippen molar-refractivity contribution in [2.24, 2.45) is 5.73 Å². The van der Waals surface area contributed by atoms with E-state index in [2.05, 4.69) is 9.97 Å². The zero-order valence-electron chi connectivity index (χ0n) is 20.1. The van der Waals surface area contributed by atoms with E-state index in [9.17, 15) is 35.5 Å². The average molecular weight is 599 g/mol. The molecule has 4 rings (SSSR count). The summed E-state index contributed by atoms with van der Waals surface area (Å²) in [6.45, 7) is -0.510. The van der Waals surface area contributed by atoms with Crippen molar-refractivity contribution in [2.75, 3.05) is 6.54 Å². The van der Waals surface area contributed by atoms with Crippen LogP contribution in [0.3, 0.4) is 0 Å². The Balaban J connectivity index is 0.000000810. The lowest BCUT2D eigenvalue weighted by Crippen LogP contribution is -2.42. The molecule has 0 unspecified atom stereocenters. The summed E-state index contributed by atoms with van der Waals surface area (Å²) in [5.74, 6) is -6.11. The minimum atomic E-state index is -4.76. The number of nitrogens with zero attached hydrogens (tertiary/aromatic N) is 4. The molecule has 40 heavy (non-hydrogen) atoms. The maximum Gasteiger partial charge on any atom is 0.466 e. The lowest BCUT2D eigenvalue weighted by Gasteiger charge is -2.30. The van der Waals surface area contributed by atoms with Gasteiger partial charge in [0.1, 0.15) is 5.82 Å². The molecule has 1 amide bonds. The van der Waals surface area contributed by atoms with E-state index in [0.29, 0.717) is 12.1 Å². The Bertz CT molecular complexity index is 1420. The predicted octanol–water partition coefficient (Wildman–Crippen LogP) is 2.89. The third kappa shape index (κ3) is 8.08. The molecule has 0 fully saturated rings. The second-order valence-electron chi connectivity index (χ2n) is 8.60. The Kier molecular flexibility index (Phi) is 9.36. The Morgan fingerprint density at radius 2 is 1.68 bits per heavy atom. The number of hydrogen-bond acceptors (Lipinski definition) is 5. The van der Waals surface area contributed by atoms with Gasteiger partial charge in [0.15, 0.2) is 11.6 Å². The van der Waals surface area contributed by atoms with Gasteiger partial charge in [0.25, 0.3) is 0 Å². The largest absolute Gasteiger partial charge is 0.466 e. The topological polar surface area (TPSA) is 155 Å². The van der Waals surface area contributed by atoms with Crippen molar-refractivity contribution in [1.29, 1.82) is 0 Å². The number of carbonyl (C=O) groups is 1. The Labute approximate surface area is 221 Å². The van der Waals surface area contributed by atoms with Crippen LogP contribution in [-0.2, 0) is 35.0 Å². The maximum atomic E-state index is 13.9. The number of phosphoric acid groups is 1. The highest BCUT2D eigenvalue weighted by Crippen LogP contribution is 2.36. The van der Waals surface area contributed by atoms with Gasteiger partial charge in [0, 0.05) is 43.4 Å². The summed E-state index contributed by atoms with van der Waals surface area (Å²) in [5, 5.41) is 0. The normalized spacial score (nSPS) is 14.3. The number of benzene rings is 1. The smallest absolute Gasteiger partial charge is 0.335 e. The first-order valence-electron chi connectivity index (χ1n) is 11.2. The summed E-state index contributed by atoms with van der Waals surface area (Å²) >= 11 is 0. The van der Waals surface area contributed by atoms with Crippen molar-refractivity contribution in [1.82, 2.24) is 19.4 Å². The first-order valence-corrected chi connectivity index (χ1v) is 12.7. The van der Waals surface area contributed by atoms with Gasteiger partial charge in [-0.1, -0.05) is 0 Å². The van der Waals surface area contributed by atoms with Crippen molar-refractivity contribution in [2.45, 2.75) is 38.1 Å². The second kappa shape index (κ2) is 12.0. The molecule has 218 valence electrons. The van der Waals surface area contributed by atoms with E-state index < -0.39 is 55.2 Å². The number of halogens is 7. The second-order valence-corrected chi connectivity index (χ2v) is 9.63. The number of aromatic nitrogens is 3. The summed E-state index contributed by atoms with van der Waals surface area (Å²) in [5.41, 5.74) is 5.86. The van der Waals surface area contributed by atoms with Crippen LogP contribution in [0.4, 0.5) is 30.7 Å². The molecule has 1 aromatic carbocycles. The number of pyridine rings is 1. The van der Waals surface area contributed by atoms with E-state index in [1.165, 1.54) is 11.0 Å². The standard InChI is InChI=1S/C22H18F7N5O.H3O4P/c23-14-8-16(25)15(24)6-12(14)5-13(30)7-19(35)33-3-4-34-17(10-33)20(32-21(34)22(27,28)29)11-1-2-18(26)31-9-11;1-5(2,3)4/h1-2,6,8-9,13H,3-5,7,10,30H2;(H3,1,2,3,4)/t13-;/m1./s1. The minimum absolute atomic E-state index is 0.0708. The van der Waals surface area contributed by atoms with Gasteiger partial charge in [-0.3, -0.25) is 4.79 Å². The van der Waals surface area contributed by atoms with Gasteiger partial charge < -0.3 is 29.9 Å². The van der Waals surface area contributed by atoms with Crippen LogP contribution in [0.5, 0.6) is 0 Å². The molecule has 0 radical (unpaired) electrons. The predicted molar refractivity (Wildman–Crippen MR) is 123 cm³/mol. The molecule has 0 spiro atoms. The van der Waals surface area contributed by atoms with Crippen LogP contribution < -0.4 is 5.73 Å². The highest BCUT2D eigenvalue weighted by Gasteiger charge is 2.41. The fraction of sp³-hybridized carbons (Fsp3) is 0.318. The first-order chi connectivity index (χ1) is 18.4. The fourth-order valence-electron chi connectivity index (χ4n) is 3.97. The lowest BCUT2D eigenvalue weighted by atomic mass is 10.0. The highest BCUT2D eigenvalue weighted by molar-refractivity contribution is 7.45. The fourth-order valence-corrected chi connectivity index (χ4v) is 3.97. The molecule has 3 aromatic rings. The third-order valence-electron chi connectivity index (χ3n) is 5.62. The van der Waals surface area contributed by atoms with Gasteiger partial charge in [0.05, 0.1) is 17.9 Å². The number of carbonyl (C=O) groups excluding carboxylic acids is 1. The van der Waals surface area contributed by atoms with E-state index in [4.69, 9.17) is 25.0 Å². The maximum absolute atomic E-state index is 13.9. The zero-order valence-corrected chi connectivity index (χ0v) is 21.0. The summed E-state index contributed by atoms with van der Waals surface area (Å²) in [7, 11) is -4.64. The zero-order chi connectivity index (χ0) is 30.0. The molecule has 0 saturated carbocycles. The molecular formula is C22H21F7N5O5P. The molecular weight excluding hydrogens is 578 g/mol. The van der Waals surface area contributed by atoms with Crippen LogP contribution in [0.2, 0.25) is 0 Å². The molecule has 1 aliphatic rings. The summed E-state index contributed by atoms with van der Waals surface area (Å²) in [6.07, 6.45) is -4.29. The molecule has 0 saturated heterocycles. The molecule has 5 N–H and O–H groups in total. The van der Waals surface area contributed by atoms with E-state index in [1.54, 1.807) is 0 Å². The van der Waals surface area contributed by atoms with Crippen LogP contribution >= 0.6 is 7.82 Å². The number of imidazole rings is 1. The number of hydrogen-bond donors (Lipinski definition) is 4. The number of rotatable bonds is 5. The summed E-state index contributed by atoms with van der Waals surface area (Å²) < 4.78 is 104. The van der Waals surface area contributed by atoms with Crippen LogP contribution in [0.15, 0.2) is 30.5 Å². The van der Waals surface area contributed by atoms with Crippen molar-refractivity contribution in [3.05, 3.63) is 70.9 Å². The van der Waals surface area contributed by atoms with E-state index >= 15 is 0 Å². The SMILES string of the molecule is N[C@@H](CC(=O)N1CCn2c(C(F)(F)F)nc(-c3ccc(F)nc3)c2C1)Cc1cc(F)c(F)cc1F.O=P(O)(O)O. The van der Waals surface area contributed by atoms with E-state index in [0.717, 1.165) is 16.8 Å². The van der Waals surface area contributed by atoms with Crippen LogP contribution in [-0.4, -0.2) is 52.6 Å². The molecule has 0 bridgehead atoms. The summed E-state index contributed by atoms with van der Waals surface area (Å²) in [6, 6.07) is 2.31. The summed E-state index contributed by atoms with van der Waals surface area (Å²) in [4.78, 5) is 42.8. The Morgan fingerprint density at radius 3 is 2.25 bits per heavy atom. The van der Waals surface area contributed by atoms with Gasteiger partial charge in [-0.2, -0.15) is 17.6 Å². The molecule has 10 nitrogen and oxygen atoms in total. The van der Waals surface area contributed by atoms with E-state index in [-0.39, 0.29) is 55.0 Å². The van der Waals surface area contributed by atoms with Crippen LogP contribution in [0.25, 0.3) is 11.3 Å². The molecule has 2 aromatic heterocycles. The molecule has 1 atom stereocenters. The van der Waals surface area contributed by atoms with Crippen LogP contribution in [0.1, 0.15) is 23.5 Å². The number of alkyl halides is 3. The van der Waals surface area contributed by atoms with Gasteiger partial charge >= 0.3 is 14.0 Å². The monoisotopic (exact) mass is 599 g/mol. The van der Waals surface area contributed by atoms with E-state index in [1.807, 2.05) is 0 Å². The molecule has 1 aliphatic heterocycles. The van der Waals surface area contributed by atoms with Gasteiger partial charge in [-0.05, 0) is 30.2 Å². The molecule has 18 heteroatoms. The quantitative estimate of drug-likeness (QED) is 0.151. The van der Waals surface area contributed by atoms with Gasteiger partial charge in [-0.15, -0.1) is 0 Å². The number of amides is 1. The van der Waals surface area contributed by atoms with Crippen molar-refractivity contribution < 1.29 is 54.8 Å². The van der Waals surface area contributed by atoms with Crippen molar-refractivity contribution in [3.8, 4) is 11.3 Å². The highest BCUT2D eigenvalue weighted by atomic mass is 31.2.